The van der Waals surface area contributed by atoms with Crippen molar-refractivity contribution in [1.82, 2.24) is 20.3 Å². The molecule has 4 rings (SSSR count). The van der Waals surface area contributed by atoms with Crippen molar-refractivity contribution in [2.24, 2.45) is 0 Å². The van der Waals surface area contributed by atoms with Crippen LogP contribution in [0.4, 0.5) is 0 Å². The highest BCUT2D eigenvalue weighted by Crippen LogP contribution is 2.22. The largest absolute Gasteiger partial charge is 0.308 e. The molecule has 0 radical (unpaired) electrons. The Hall–Kier alpha value is -2.17. The van der Waals surface area contributed by atoms with Crippen molar-refractivity contribution in [1.29, 1.82) is 0 Å². The molecule has 1 aromatic heterocycles. The van der Waals surface area contributed by atoms with Gasteiger partial charge in [0.05, 0.1) is 6.54 Å². The molecule has 1 saturated carbocycles. The van der Waals surface area contributed by atoms with Crippen molar-refractivity contribution in [2.75, 3.05) is 0 Å². The molecular formula is C24H29ClN4. The summed E-state index contributed by atoms with van der Waals surface area (Å²) in [6.07, 6.45) is 9.29. The molecule has 1 N–H and O–H groups in total. The highest BCUT2D eigenvalue weighted by molar-refractivity contribution is 6.30. The maximum atomic E-state index is 6.14. The standard InChI is InChI=1S/C24H29ClN4/c25-21-13-9-10-19(16-21)18-29-27-23(24(28-29)20-11-5-4-6-12-20)17-26-22-14-7-2-1-3-8-15-22/h4-6,9-13,16,22,26H,1-3,7-8,14-15,17-18H2. The molecule has 0 amide bonds. The minimum absolute atomic E-state index is 0.581. The molecule has 3 aromatic rings. The van der Waals surface area contributed by atoms with Crippen molar-refractivity contribution in [3.05, 3.63) is 70.9 Å². The number of benzene rings is 2. The number of nitrogens with one attached hydrogen (secondary N) is 1. The third-order valence-electron chi connectivity index (χ3n) is 5.65. The third kappa shape index (κ3) is 5.68. The molecule has 4 nitrogen and oxygen atoms in total. The molecule has 152 valence electrons. The third-order valence-corrected chi connectivity index (χ3v) is 5.88. The average molecular weight is 409 g/mol. The monoisotopic (exact) mass is 408 g/mol. The Labute approximate surface area is 178 Å². The van der Waals surface area contributed by atoms with E-state index in [0.29, 0.717) is 12.6 Å². The van der Waals surface area contributed by atoms with E-state index in [1.165, 1.54) is 44.9 Å². The molecule has 0 bridgehead atoms. The number of halogens is 1. The van der Waals surface area contributed by atoms with Crippen LogP contribution in [0.5, 0.6) is 0 Å². The zero-order valence-electron chi connectivity index (χ0n) is 16.9. The van der Waals surface area contributed by atoms with Crippen molar-refractivity contribution in [3.8, 4) is 11.3 Å². The van der Waals surface area contributed by atoms with Crippen LogP contribution in [0.15, 0.2) is 54.6 Å². The molecule has 0 unspecified atom stereocenters. The van der Waals surface area contributed by atoms with Gasteiger partial charge in [0, 0.05) is 23.2 Å². The molecule has 0 spiro atoms. The predicted octanol–water partition coefficient (Wildman–Crippen LogP) is 5.85. The van der Waals surface area contributed by atoms with Crippen LogP contribution in [0.3, 0.4) is 0 Å². The van der Waals surface area contributed by atoms with E-state index in [1.54, 1.807) is 4.80 Å². The molecule has 5 heteroatoms. The maximum Gasteiger partial charge on any atom is 0.117 e. The van der Waals surface area contributed by atoms with Crippen molar-refractivity contribution < 1.29 is 0 Å². The van der Waals surface area contributed by atoms with Gasteiger partial charge in [-0.2, -0.15) is 15.0 Å². The quantitative estimate of drug-likeness (QED) is 0.556. The first-order chi connectivity index (χ1) is 14.3. The number of aromatic nitrogens is 3. The second-order valence-electron chi connectivity index (χ2n) is 7.94. The predicted molar refractivity (Wildman–Crippen MR) is 119 cm³/mol. The molecule has 1 aliphatic carbocycles. The van der Waals surface area contributed by atoms with E-state index >= 15 is 0 Å². The highest BCUT2D eigenvalue weighted by Gasteiger charge is 2.16. The van der Waals surface area contributed by atoms with E-state index < -0.39 is 0 Å². The second kappa shape index (κ2) is 10.0. The number of nitrogens with zero attached hydrogens (tertiary/aromatic N) is 3. The van der Waals surface area contributed by atoms with Crippen LogP contribution in [-0.4, -0.2) is 21.0 Å². The summed E-state index contributed by atoms with van der Waals surface area (Å²) in [4.78, 5) is 1.79. The number of hydrogen-bond acceptors (Lipinski definition) is 3. The lowest BCUT2D eigenvalue weighted by Crippen LogP contribution is -2.29. The van der Waals surface area contributed by atoms with E-state index in [0.717, 1.165) is 34.1 Å². The van der Waals surface area contributed by atoms with Crippen molar-refractivity contribution in [2.45, 2.75) is 64.1 Å². The Kier molecular flexibility index (Phi) is 6.96. The van der Waals surface area contributed by atoms with Gasteiger partial charge in [0.2, 0.25) is 0 Å². The molecule has 1 fully saturated rings. The van der Waals surface area contributed by atoms with Gasteiger partial charge in [-0.1, -0.05) is 86.2 Å². The van der Waals surface area contributed by atoms with Gasteiger partial charge in [0.25, 0.3) is 0 Å². The summed E-state index contributed by atoms with van der Waals surface area (Å²) in [6.45, 7) is 1.37. The summed E-state index contributed by atoms with van der Waals surface area (Å²) >= 11 is 6.14. The molecule has 0 aliphatic heterocycles. The fourth-order valence-electron chi connectivity index (χ4n) is 4.09. The highest BCUT2D eigenvalue weighted by atomic mass is 35.5. The van der Waals surface area contributed by atoms with Crippen LogP contribution >= 0.6 is 11.6 Å². The fraction of sp³-hybridized carbons (Fsp3) is 0.417. The average Bonchev–Trinajstić information content (AvgIpc) is 3.10. The first-order valence-corrected chi connectivity index (χ1v) is 11.1. The summed E-state index contributed by atoms with van der Waals surface area (Å²) in [5.41, 5.74) is 4.19. The van der Waals surface area contributed by atoms with Crippen molar-refractivity contribution >= 4 is 11.6 Å². The fourth-order valence-corrected chi connectivity index (χ4v) is 4.31. The van der Waals surface area contributed by atoms with Crippen LogP contribution in [-0.2, 0) is 13.1 Å². The molecule has 2 aromatic carbocycles. The van der Waals surface area contributed by atoms with Gasteiger partial charge in [-0.15, -0.1) is 0 Å². The van der Waals surface area contributed by atoms with E-state index in [1.807, 2.05) is 24.3 Å². The Balaban J connectivity index is 1.53. The smallest absolute Gasteiger partial charge is 0.117 e. The van der Waals surface area contributed by atoms with E-state index in [4.69, 9.17) is 21.8 Å². The van der Waals surface area contributed by atoms with Gasteiger partial charge < -0.3 is 5.32 Å². The van der Waals surface area contributed by atoms with Crippen LogP contribution in [0.25, 0.3) is 11.3 Å². The molecule has 0 saturated heterocycles. The van der Waals surface area contributed by atoms with E-state index in [9.17, 15) is 0 Å². The Bertz CT molecular complexity index is 898. The molecule has 29 heavy (non-hydrogen) atoms. The summed E-state index contributed by atoms with van der Waals surface area (Å²) in [7, 11) is 0. The molecule has 1 heterocycles. The minimum Gasteiger partial charge on any atom is -0.308 e. The van der Waals surface area contributed by atoms with Gasteiger partial charge >= 0.3 is 0 Å². The Morgan fingerprint density at radius 2 is 1.66 bits per heavy atom. The van der Waals surface area contributed by atoms with E-state index in [2.05, 4.69) is 35.6 Å². The Morgan fingerprint density at radius 3 is 2.41 bits per heavy atom. The SMILES string of the molecule is Clc1cccc(Cn2nc(CNC3CCCCCCC3)c(-c3ccccc3)n2)c1. The summed E-state index contributed by atoms with van der Waals surface area (Å²) in [5, 5.41) is 14.2. The summed E-state index contributed by atoms with van der Waals surface area (Å²) in [5.74, 6) is 0. The zero-order valence-corrected chi connectivity index (χ0v) is 17.6. The lowest BCUT2D eigenvalue weighted by Gasteiger charge is -2.20. The van der Waals surface area contributed by atoms with Gasteiger partial charge in [-0.25, -0.2) is 0 Å². The van der Waals surface area contributed by atoms with Crippen LogP contribution in [0.2, 0.25) is 5.02 Å². The molecule has 1 aliphatic rings. The lowest BCUT2D eigenvalue weighted by molar-refractivity contribution is 0.387. The molecule has 0 atom stereocenters. The topological polar surface area (TPSA) is 42.7 Å². The molecular weight excluding hydrogens is 380 g/mol. The minimum atomic E-state index is 0.581. The van der Waals surface area contributed by atoms with E-state index in [-0.39, 0.29) is 0 Å². The maximum absolute atomic E-state index is 6.14. The van der Waals surface area contributed by atoms with Crippen LogP contribution < -0.4 is 5.32 Å². The van der Waals surface area contributed by atoms with Gasteiger partial charge in [-0.05, 0) is 30.5 Å². The first kappa shape index (κ1) is 20.1. The summed E-state index contributed by atoms with van der Waals surface area (Å²) in [6, 6.07) is 18.8. The van der Waals surface area contributed by atoms with Gasteiger partial charge in [0.1, 0.15) is 11.4 Å². The lowest BCUT2D eigenvalue weighted by atomic mass is 9.96. The zero-order chi connectivity index (χ0) is 19.9. The normalized spacial score (nSPS) is 15.8. The van der Waals surface area contributed by atoms with Gasteiger partial charge in [-0.3, -0.25) is 0 Å². The number of hydrogen-bond donors (Lipinski definition) is 1. The Morgan fingerprint density at radius 1 is 0.897 bits per heavy atom. The van der Waals surface area contributed by atoms with Crippen LogP contribution in [0, 0.1) is 0 Å². The van der Waals surface area contributed by atoms with Crippen molar-refractivity contribution in [3.63, 3.8) is 0 Å². The van der Waals surface area contributed by atoms with Crippen LogP contribution in [0.1, 0.15) is 56.2 Å². The number of rotatable bonds is 6. The first-order valence-electron chi connectivity index (χ1n) is 10.8. The van der Waals surface area contributed by atoms with Gasteiger partial charge in [0.15, 0.2) is 0 Å². The second-order valence-corrected chi connectivity index (χ2v) is 8.38. The summed E-state index contributed by atoms with van der Waals surface area (Å²) < 4.78 is 0.